The molecule has 0 bridgehead atoms. The van der Waals surface area contributed by atoms with Crippen molar-refractivity contribution in [1.29, 1.82) is 0 Å². The van der Waals surface area contributed by atoms with Crippen molar-refractivity contribution in [3.05, 3.63) is 66.2 Å². The molecule has 2 aromatic rings. The molecule has 3 heteroatoms. The zero-order chi connectivity index (χ0) is 13.3. The van der Waals surface area contributed by atoms with Gasteiger partial charge >= 0.3 is 0 Å². The third-order valence-electron chi connectivity index (χ3n) is 2.89. The average Bonchev–Trinajstić information content (AvgIpc) is 2.49. The lowest BCUT2D eigenvalue weighted by Crippen LogP contribution is -2.26. The van der Waals surface area contributed by atoms with Crippen LogP contribution in [-0.4, -0.2) is 24.0 Å². The quantitative estimate of drug-likeness (QED) is 0.600. The van der Waals surface area contributed by atoms with E-state index < -0.39 is 0 Å². The van der Waals surface area contributed by atoms with Gasteiger partial charge in [0.15, 0.2) is 0 Å². The van der Waals surface area contributed by atoms with Gasteiger partial charge in [0.05, 0.1) is 12.6 Å². The third kappa shape index (κ3) is 4.71. The lowest BCUT2D eigenvalue weighted by atomic mass is 10.1. The zero-order valence-electron chi connectivity index (χ0n) is 10.8. The number of hydrogen-bond donors (Lipinski definition) is 2. The Morgan fingerprint density at radius 2 is 1.58 bits per heavy atom. The van der Waals surface area contributed by atoms with Crippen molar-refractivity contribution in [3.8, 4) is 0 Å². The van der Waals surface area contributed by atoms with Crippen LogP contribution in [0.2, 0.25) is 0 Å². The minimum absolute atomic E-state index is 0.0255. The van der Waals surface area contributed by atoms with E-state index >= 15 is 0 Å². The van der Waals surface area contributed by atoms with Crippen LogP contribution >= 0.6 is 11.8 Å². The highest BCUT2D eigenvalue weighted by atomic mass is 32.2. The molecular formula is C16H19NOS. The predicted octanol–water partition coefficient (Wildman–Crippen LogP) is 3.10. The molecule has 0 amide bonds. The fraction of sp³-hybridized carbons (Fsp3) is 0.250. The summed E-state index contributed by atoms with van der Waals surface area (Å²) in [6, 6.07) is 20.5. The van der Waals surface area contributed by atoms with Gasteiger partial charge in [0.2, 0.25) is 0 Å². The summed E-state index contributed by atoms with van der Waals surface area (Å²) in [4.78, 5) is 1.28. The van der Waals surface area contributed by atoms with E-state index in [-0.39, 0.29) is 12.6 Å². The molecule has 0 aromatic heterocycles. The van der Waals surface area contributed by atoms with E-state index in [0.717, 1.165) is 17.9 Å². The number of benzene rings is 2. The van der Waals surface area contributed by atoms with E-state index in [1.165, 1.54) is 4.90 Å². The van der Waals surface area contributed by atoms with Gasteiger partial charge < -0.3 is 10.4 Å². The second-order valence-electron chi connectivity index (χ2n) is 4.26. The van der Waals surface area contributed by atoms with Crippen LogP contribution in [0.15, 0.2) is 65.6 Å². The number of aliphatic hydroxyl groups excluding tert-OH is 1. The van der Waals surface area contributed by atoms with E-state index in [1.54, 1.807) is 0 Å². The number of nitrogens with one attached hydrogen (secondary N) is 1. The Morgan fingerprint density at radius 1 is 0.947 bits per heavy atom. The molecule has 19 heavy (non-hydrogen) atoms. The van der Waals surface area contributed by atoms with Gasteiger partial charge in [-0.1, -0.05) is 48.5 Å². The first-order chi connectivity index (χ1) is 9.40. The number of aliphatic hydroxyl groups is 1. The van der Waals surface area contributed by atoms with E-state index in [0.29, 0.717) is 0 Å². The smallest absolute Gasteiger partial charge is 0.0626 e. The van der Waals surface area contributed by atoms with E-state index in [2.05, 4.69) is 29.6 Å². The fourth-order valence-corrected chi connectivity index (χ4v) is 2.70. The number of rotatable bonds is 7. The highest BCUT2D eigenvalue weighted by molar-refractivity contribution is 7.99. The van der Waals surface area contributed by atoms with Crippen LogP contribution in [0, 0.1) is 0 Å². The fourth-order valence-electron chi connectivity index (χ4n) is 1.89. The van der Waals surface area contributed by atoms with Gasteiger partial charge in [-0.3, -0.25) is 0 Å². The van der Waals surface area contributed by atoms with Crippen LogP contribution in [0.3, 0.4) is 0 Å². The summed E-state index contributed by atoms with van der Waals surface area (Å²) in [6.45, 7) is 1.000. The lowest BCUT2D eigenvalue weighted by molar-refractivity contribution is 0.246. The summed E-state index contributed by atoms with van der Waals surface area (Å²) in [7, 11) is 0. The maximum atomic E-state index is 9.43. The minimum Gasteiger partial charge on any atom is -0.394 e. The number of hydrogen-bond acceptors (Lipinski definition) is 3. The molecule has 0 spiro atoms. The molecule has 2 rings (SSSR count). The van der Waals surface area contributed by atoms with Gasteiger partial charge in [0, 0.05) is 17.2 Å². The lowest BCUT2D eigenvalue weighted by Gasteiger charge is -2.16. The minimum atomic E-state index is 0.0255. The molecule has 0 aliphatic rings. The standard InChI is InChI=1S/C16H19NOS/c18-13-16(14-7-3-1-4-8-14)17-11-12-19-15-9-5-2-6-10-15/h1-10,16-18H,11-13H2. The highest BCUT2D eigenvalue weighted by Gasteiger charge is 2.08. The van der Waals surface area contributed by atoms with Crippen molar-refractivity contribution in [1.82, 2.24) is 5.32 Å². The third-order valence-corrected chi connectivity index (χ3v) is 3.90. The maximum Gasteiger partial charge on any atom is 0.0626 e. The molecule has 100 valence electrons. The van der Waals surface area contributed by atoms with Crippen LogP contribution in [0.25, 0.3) is 0 Å². The largest absolute Gasteiger partial charge is 0.394 e. The van der Waals surface area contributed by atoms with Gasteiger partial charge in [0.1, 0.15) is 0 Å². The second kappa shape index (κ2) is 8.00. The Hall–Kier alpha value is -1.29. The first kappa shape index (κ1) is 14.1. The average molecular weight is 273 g/mol. The van der Waals surface area contributed by atoms with Crippen LogP contribution in [0.1, 0.15) is 11.6 Å². The zero-order valence-corrected chi connectivity index (χ0v) is 11.6. The highest BCUT2D eigenvalue weighted by Crippen LogP contribution is 2.17. The Balaban J connectivity index is 1.75. The molecule has 1 atom stereocenters. The van der Waals surface area contributed by atoms with E-state index in [4.69, 9.17) is 0 Å². The SMILES string of the molecule is OCC(NCCSc1ccccc1)c1ccccc1. The molecular weight excluding hydrogens is 254 g/mol. The van der Waals surface area contributed by atoms with Crippen molar-refractivity contribution in [2.75, 3.05) is 18.9 Å². The predicted molar refractivity (Wildman–Crippen MR) is 81.4 cm³/mol. The molecule has 2 nitrogen and oxygen atoms in total. The molecule has 0 aliphatic heterocycles. The first-order valence-electron chi connectivity index (χ1n) is 6.47. The van der Waals surface area contributed by atoms with Crippen LogP contribution in [-0.2, 0) is 0 Å². The van der Waals surface area contributed by atoms with Crippen LogP contribution in [0.4, 0.5) is 0 Å². The van der Waals surface area contributed by atoms with Gasteiger partial charge in [-0.25, -0.2) is 0 Å². The maximum absolute atomic E-state index is 9.43. The van der Waals surface area contributed by atoms with Crippen molar-refractivity contribution < 1.29 is 5.11 Å². The Morgan fingerprint density at radius 3 is 2.21 bits per heavy atom. The summed E-state index contributed by atoms with van der Waals surface area (Å²) in [6.07, 6.45) is 0. The monoisotopic (exact) mass is 273 g/mol. The van der Waals surface area contributed by atoms with Crippen molar-refractivity contribution in [2.45, 2.75) is 10.9 Å². The molecule has 0 radical (unpaired) electrons. The molecule has 1 unspecified atom stereocenters. The van der Waals surface area contributed by atoms with Crippen LogP contribution in [0.5, 0.6) is 0 Å². The molecule has 2 N–H and O–H groups in total. The summed E-state index contributed by atoms with van der Waals surface area (Å²) in [5.41, 5.74) is 1.13. The van der Waals surface area contributed by atoms with Gasteiger partial charge in [-0.2, -0.15) is 0 Å². The van der Waals surface area contributed by atoms with Gasteiger partial charge in [0.25, 0.3) is 0 Å². The first-order valence-corrected chi connectivity index (χ1v) is 7.46. The van der Waals surface area contributed by atoms with E-state index in [1.807, 2.05) is 48.2 Å². The summed E-state index contributed by atoms with van der Waals surface area (Å²) in [5, 5.41) is 12.8. The Bertz CT molecular complexity index is 461. The molecule has 0 heterocycles. The summed E-state index contributed by atoms with van der Waals surface area (Å²) >= 11 is 1.82. The van der Waals surface area contributed by atoms with E-state index in [9.17, 15) is 5.11 Å². The van der Waals surface area contributed by atoms with Crippen molar-refractivity contribution in [3.63, 3.8) is 0 Å². The second-order valence-corrected chi connectivity index (χ2v) is 5.43. The Kier molecular flexibility index (Phi) is 5.95. The number of thioether (sulfide) groups is 1. The Labute approximate surface area is 118 Å². The normalized spacial score (nSPS) is 12.3. The summed E-state index contributed by atoms with van der Waals surface area (Å²) in [5.74, 6) is 0.993. The van der Waals surface area contributed by atoms with Crippen molar-refractivity contribution in [2.24, 2.45) is 0 Å². The molecule has 0 fully saturated rings. The molecule has 0 saturated carbocycles. The van der Waals surface area contributed by atoms with Crippen LogP contribution < -0.4 is 5.32 Å². The van der Waals surface area contributed by atoms with Crippen molar-refractivity contribution >= 4 is 11.8 Å². The molecule has 2 aromatic carbocycles. The molecule has 0 saturated heterocycles. The summed E-state index contributed by atoms with van der Waals surface area (Å²) < 4.78 is 0. The van der Waals surface area contributed by atoms with Gasteiger partial charge in [-0.05, 0) is 17.7 Å². The topological polar surface area (TPSA) is 32.3 Å². The molecule has 0 aliphatic carbocycles. The van der Waals surface area contributed by atoms with Gasteiger partial charge in [-0.15, -0.1) is 11.8 Å².